The van der Waals surface area contributed by atoms with Gasteiger partial charge in [0.05, 0.1) is 10.4 Å². The maximum Gasteiger partial charge on any atom is 0.222 e. The van der Waals surface area contributed by atoms with Crippen molar-refractivity contribution < 1.29 is 4.79 Å². The van der Waals surface area contributed by atoms with Crippen LogP contribution in [-0.2, 0) is 0 Å². The van der Waals surface area contributed by atoms with Crippen LogP contribution in [-0.4, -0.2) is 10.8 Å². The molecule has 19 heavy (non-hydrogen) atoms. The maximum absolute atomic E-state index is 12.5. The standard InChI is InChI=1S/C15H10BrNOS/c1-9-6-7-19-15(9)14(18)13-11(16)8-10-4-2-3-5-12(10)17-13/h2-8H,1H3. The third-order valence-corrected chi connectivity index (χ3v) is 4.58. The van der Waals surface area contributed by atoms with Crippen LogP contribution in [0.25, 0.3) is 10.9 Å². The predicted octanol–water partition coefficient (Wildman–Crippen LogP) is 4.60. The summed E-state index contributed by atoms with van der Waals surface area (Å²) in [6, 6.07) is 11.7. The second-order valence-corrected chi connectivity index (χ2v) is 6.04. The van der Waals surface area contributed by atoms with Crippen LogP contribution in [0.4, 0.5) is 0 Å². The molecular weight excluding hydrogens is 322 g/mol. The van der Waals surface area contributed by atoms with E-state index in [1.54, 1.807) is 0 Å². The SMILES string of the molecule is Cc1ccsc1C(=O)c1nc2ccccc2cc1Br. The molecule has 0 fully saturated rings. The summed E-state index contributed by atoms with van der Waals surface area (Å²) in [6.07, 6.45) is 0. The molecule has 0 saturated heterocycles. The minimum atomic E-state index is -0.0230. The quantitative estimate of drug-likeness (QED) is 0.642. The zero-order valence-electron chi connectivity index (χ0n) is 10.2. The van der Waals surface area contributed by atoms with Gasteiger partial charge < -0.3 is 0 Å². The minimum absolute atomic E-state index is 0.0230. The Kier molecular flexibility index (Phi) is 3.21. The van der Waals surface area contributed by atoms with Gasteiger partial charge >= 0.3 is 0 Å². The van der Waals surface area contributed by atoms with E-state index in [0.717, 1.165) is 25.8 Å². The zero-order valence-corrected chi connectivity index (χ0v) is 12.6. The van der Waals surface area contributed by atoms with Gasteiger partial charge in [-0.2, -0.15) is 0 Å². The fraction of sp³-hybridized carbons (Fsp3) is 0.0667. The number of carbonyl (C=O) groups excluding carboxylic acids is 1. The third kappa shape index (κ3) is 2.22. The molecule has 0 aliphatic heterocycles. The van der Waals surface area contributed by atoms with Crippen molar-refractivity contribution in [2.45, 2.75) is 6.92 Å². The molecule has 0 radical (unpaired) electrons. The van der Waals surface area contributed by atoms with Crippen LogP contribution in [0, 0.1) is 6.92 Å². The second kappa shape index (κ2) is 4.87. The number of thiophene rings is 1. The van der Waals surface area contributed by atoms with Gasteiger partial charge in [-0.05, 0) is 52.0 Å². The fourth-order valence-electron chi connectivity index (χ4n) is 1.96. The average Bonchev–Trinajstić information content (AvgIpc) is 2.83. The third-order valence-electron chi connectivity index (χ3n) is 2.96. The first-order valence-corrected chi connectivity index (χ1v) is 7.48. The van der Waals surface area contributed by atoms with Gasteiger partial charge in [0.25, 0.3) is 0 Å². The summed E-state index contributed by atoms with van der Waals surface area (Å²) in [6.45, 7) is 1.94. The van der Waals surface area contributed by atoms with Crippen LogP contribution >= 0.6 is 27.3 Å². The lowest BCUT2D eigenvalue weighted by atomic mass is 10.1. The lowest BCUT2D eigenvalue weighted by Crippen LogP contribution is -2.05. The van der Waals surface area contributed by atoms with Gasteiger partial charge in [-0.25, -0.2) is 4.98 Å². The second-order valence-electron chi connectivity index (χ2n) is 4.27. The molecule has 0 N–H and O–H groups in total. The summed E-state index contributed by atoms with van der Waals surface area (Å²) in [5.41, 5.74) is 2.31. The van der Waals surface area contributed by atoms with Crippen molar-refractivity contribution in [3.63, 3.8) is 0 Å². The Morgan fingerprint density at radius 2 is 2.05 bits per heavy atom. The number of aryl methyl sites for hydroxylation is 1. The number of halogens is 1. The van der Waals surface area contributed by atoms with Crippen LogP contribution in [0.3, 0.4) is 0 Å². The van der Waals surface area contributed by atoms with Gasteiger partial charge in [-0.15, -0.1) is 11.3 Å². The summed E-state index contributed by atoms with van der Waals surface area (Å²) in [5.74, 6) is -0.0230. The smallest absolute Gasteiger partial charge is 0.222 e. The molecule has 0 atom stereocenters. The maximum atomic E-state index is 12.5. The van der Waals surface area contributed by atoms with Gasteiger partial charge in [0.2, 0.25) is 5.78 Å². The molecule has 0 unspecified atom stereocenters. The van der Waals surface area contributed by atoms with Crippen molar-refractivity contribution in [2.75, 3.05) is 0 Å². The Balaban J connectivity index is 2.17. The first-order chi connectivity index (χ1) is 9.16. The molecule has 3 rings (SSSR count). The summed E-state index contributed by atoms with van der Waals surface area (Å²) in [7, 11) is 0. The highest BCUT2D eigenvalue weighted by molar-refractivity contribution is 9.10. The lowest BCUT2D eigenvalue weighted by molar-refractivity contribution is 0.103. The van der Waals surface area contributed by atoms with Crippen molar-refractivity contribution in [3.05, 3.63) is 62.4 Å². The highest BCUT2D eigenvalue weighted by atomic mass is 79.9. The largest absolute Gasteiger partial charge is 0.286 e. The van der Waals surface area contributed by atoms with E-state index in [9.17, 15) is 4.79 Å². The van der Waals surface area contributed by atoms with E-state index in [1.807, 2.05) is 48.7 Å². The highest BCUT2D eigenvalue weighted by Crippen LogP contribution is 2.26. The number of para-hydroxylation sites is 1. The molecule has 0 aliphatic rings. The van der Waals surface area contributed by atoms with Crippen molar-refractivity contribution in [3.8, 4) is 0 Å². The molecule has 2 heterocycles. The number of pyridine rings is 1. The number of nitrogens with zero attached hydrogens (tertiary/aromatic N) is 1. The minimum Gasteiger partial charge on any atom is -0.286 e. The van der Waals surface area contributed by atoms with E-state index in [2.05, 4.69) is 20.9 Å². The molecule has 2 nitrogen and oxygen atoms in total. The number of ketones is 1. The van der Waals surface area contributed by atoms with Gasteiger partial charge in [0.1, 0.15) is 5.69 Å². The monoisotopic (exact) mass is 331 g/mol. The number of hydrogen-bond acceptors (Lipinski definition) is 3. The zero-order chi connectivity index (χ0) is 13.4. The topological polar surface area (TPSA) is 30.0 Å². The van der Waals surface area contributed by atoms with Crippen LogP contribution in [0.5, 0.6) is 0 Å². The van der Waals surface area contributed by atoms with Crippen molar-refractivity contribution in [1.82, 2.24) is 4.98 Å². The summed E-state index contributed by atoms with van der Waals surface area (Å²) in [5, 5.41) is 2.95. The molecule has 0 spiro atoms. The molecule has 0 bridgehead atoms. The Labute approximate surface area is 123 Å². The Hall–Kier alpha value is -1.52. The van der Waals surface area contributed by atoms with E-state index >= 15 is 0 Å². The molecule has 0 saturated carbocycles. The number of aromatic nitrogens is 1. The van der Waals surface area contributed by atoms with Gasteiger partial charge in [0.15, 0.2) is 0 Å². The van der Waals surface area contributed by atoms with Crippen molar-refractivity contribution in [2.24, 2.45) is 0 Å². The Bertz CT molecular complexity index is 779. The van der Waals surface area contributed by atoms with E-state index in [-0.39, 0.29) is 5.78 Å². The van der Waals surface area contributed by atoms with E-state index in [0.29, 0.717) is 5.69 Å². The number of rotatable bonds is 2. The molecule has 2 aromatic heterocycles. The molecule has 94 valence electrons. The van der Waals surface area contributed by atoms with Gasteiger partial charge in [0, 0.05) is 9.86 Å². The average molecular weight is 332 g/mol. The van der Waals surface area contributed by atoms with E-state index in [1.165, 1.54) is 11.3 Å². The summed E-state index contributed by atoms with van der Waals surface area (Å²) >= 11 is 4.91. The van der Waals surface area contributed by atoms with Crippen molar-refractivity contribution in [1.29, 1.82) is 0 Å². The van der Waals surface area contributed by atoms with Gasteiger partial charge in [-0.3, -0.25) is 4.79 Å². The summed E-state index contributed by atoms with van der Waals surface area (Å²) < 4.78 is 0.740. The predicted molar refractivity (Wildman–Crippen MR) is 81.9 cm³/mol. The molecule has 1 aromatic carbocycles. The van der Waals surface area contributed by atoms with Crippen LogP contribution in [0.15, 0.2) is 46.3 Å². The van der Waals surface area contributed by atoms with Crippen molar-refractivity contribution >= 4 is 44.0 Å². The number of fused-ring (bicyclic) bond motifs is 1. The van der Waals surface area contributed by atoms with Crippen LogP contribution in [0.2, 0.25) is 0 Å². The number of hydrogen-bond donors (Lipinski definition) is 0. The molecule has 4 heteroatoms. The molecular formula is C15H10BrNOS. The summed E-state index contributed by atoms with van der Waals surface area (Å²) in [4.78, 5) is 17.7. The number of carbonyl (C=O) groups is 1. The number of benzene rings is 1. The van der Waals surface area contributed by atoms with E-state index in [4.69, 9.17) is 0 Å². The Morgan fingerprint density at radius 3 is 2.79 bits per heavy atom. The first-order valence-electron chi connectivity index (χ1n) is 5.81. The normalized spacial score (nSPS) is 10.8. The molecule has 0 amide bonds. The van der Waals surface area contributed by atoms with Crippen LogP contribution in [0.1, 0.15) is 20.9 Å². The lowest BCUT2D eigenvalue weighted by Gasteiger charge is -2.05. The van der Waals surface area contributed by atoms with Crippen LogP contribution < -0.4 is 0 Å². The van der Waals surface area contributed by atoms with Gasteiger partial charge in [-0.1, -0.05) is 18.2 Å². The molecule has 3 aromatic rings. The molecule has 0 aliphatic carbocycles. The fourth-order valence-corrected chi connectivity index (χ4v) is 3.34. The highest BCUT2D eigenvalue weighted by Gasteiger charge is 2.18. The van der Waals surface area contributed by atoms with E-state index < -0.39 is 0 Å². The Morgan fingerprint density at radius 1 is 1.26 bits per heavy atom. The first kappa shape index (κ1) is 12.5.